The van der Waals surface area contributed by atoms with E-state index >= 15 is 0 Å². The van der Waals surface area contributed by atoms with Crippen molar-refractivity contribution in [3.05, 3.63) is 25.1 Å². The van der Waals surface area contributed by atoms with Crippen LogP contribution in [0.5, 0.6) is 0 Å². The molecule has 0 aliphatic heterocycles. The van der Waals surface area contributed by atoms with Gasteiger partial charge in [0.1, 0.15) is 0 Å². The minimum atomic E-state index is 0.567. The molecule has 2 heteroatoms. The predicted octanol–water partition coefficient (Wildman–Crippen LogP) is 2.10. The Bertz CT molecular complexity index is 147. The van der Waals surface area contributed by atoms with E-state index in [2.05, 4.69) is 18.2 Å². The van der Waals surface area contributed by atoms with Crippen molar-refractivity contribution in [3.8, 4) is 0 Å². The van der Waals surface area contributed by atoms with Crippen molar-refractivity contribution in [3.63, 3.8) is 0 Å². The van der Waals surface area contributed by atoms with Crippen molar-refractivity contribution in [2.24, 2.45) is 4.99 Å². The summed E-state index contributed by atoms with van der Waals surface area (Å²) in [6.07, 6.45) is 1.34. The molecule has 0 spiro atoms. The number of aliphatic imine (C=N–C) groups is 1. The molecule has 0 fully saturated rings. The third-order valence-electron chi connectivity index (χ3n) is 0.602. The first-order valence-electron chi connectivity index (χ1n) is 2.65. The highest BCUT2D eigenvalue weighted by Gasteiger charge is 1.84. The Morgan fingerprint density at radius 2 is 2.11 bits per heavy atom. The molecule has 0 amide bonds. The van der Waals surface area contributed by atoms with Crippen molar-refractivity contribution in [2.75, 3.05) is 0 Å². The summed E-state index contributed by atoms with van der Waals surface area (Å²) < 4.78 is 4.81. The van der Waals surface area contributed by atoms with Crippen LogP contribution in [0, 0.1) is 0 Å². The number of hydrogen-bond acceptors (Lipinski definition) is 2. The molecule has 0 rings (SSSR count). The zero-order valence-electron chi connectivity index (χ0n) is 5.85. The van der Waals surface area contributed by atoms with E-state index in [1.807, 2.05) is 0 Å². The summed E-state index contributed by atoms with van der Waals surface area (Å²) in [5.74, 6) is 0.567. The van der Waals surface area contributed by atoms with Crippen LogP contribution in [0.1, 0.15) is 13.8 Å². The zero-order valence-corrected chi connectivity index (χ0v) is 5.85. The van der Waals surface area contributed by atoms with Crippen LogP contribution in [-0.4, -0.2) is 5.90 Å². The largest absolute Gasteiger partial charge is 0.452 e. The summed E-state index contributed by atoms with van der Waals surface area (Å²) in [5, 5.41) is 0. The maximum Gasteiger partial charge on any atom is 0.190 e. The number of ether oxygens (including phenoxy) is 1. The Kier molecular flexibility index (Phi) is 3.44. The van der Waals surface area contributed by atoms with Crippen LogP contribution < -0.4 is 0 Å². The molecule has 0 unspecified atom stereocenters. The highest BCUT2D eigenvalue weighted by molar-refractivity contribution is 5.74. The van der Waals surface area contributed by atoms with E-state index in [1.54, 1.807) is 13.8 Å². The van der Waals surface area contributed by atoms with Crippen molar-refractivity contribution in [1.29, 1.82) is 0 Å². The van der Waals surface area contributed by atoms with Crippen LogP contribution >= 0.6 is 0 Å². The van der Waals surface area contributed by atoms with Crippen molar-refractivity contribution >= 4 is 5.90 Å². The summed E-state index contributed by atoms with van der Waals surface area (Å²) in [6, 6.07) is 0. The van der Waals surface area contributed by atoms with E-state index in [-0.39, 0.29) is 0 Å². The van der Waals surface area contributed by atoms with Gasteiger partial charge in [-0.25, -0.2) is 4.99 Å². The lowest BCUT2D eigenvalue weighted by molar-refractivity contribution is 0.470. The molecule has 9 heavy (non-hydrogen) atoms. The fourth-order valence-electron chi connectivity index (χ4n) is 0.416. The first-order valence-corrected chi connectivity index (χ1v) is 2.65. The van der Waals surface area contributed by atoms with E-state index in [9.17, 15) is 0 Å². The summed E-state index contributed by atoms with van der Waals surface area (Å²) in [7, 11) is 0. The third-order valence-corrected chi connectivity index (χ3v) is 0.602. The lowest BCUT2D eigenvalue weighted by atomic mass is 10.6. The van der Waals surface area contributed by atoms with Crippen LogP contribution in [-0.2, 0) is 4.74 Å². The van der Waals surface area contributed by atoms with E-state index in [1.165, 1.54) is 6.26 Å². The lowest BCUT2D eigenvalue weighted by Crippen LogP contribution is -1.91. The fraction of sp³-hybridized carbons (Fsp3) is 0.286. The highest BCUT2D eigenvalue weighted by Crippen LogP contribution is 1.91. The Morgan fingerprint density at radius 3 is 2.44 bits per heavy atom. The minimum absolute atomic E-state index is 0.567. The van der Waals surface area contributed by atoms with Gasteiger partial charge in [0.15, 0.2) is 5.90 Å². The molecule has 2 nitrogen and oxygen atoms in total. The molecule has 0 radical (unpaired) electrons. The number of hydrogen-bond donors (Lipinski definition) is 0. The Morgan fingerprint density at radius 1 is 1.56 bits per heavy atom. The molecule has 0 bridgehead atoms. The normalized spacial score (nSPS) is 10.7. The maximum absolute atomic E-state index is 4.81. The monoisotopic (exact) mass is 125 g/mol. The SMILES string of the molecule is C=COC(C)=NC(=C)C. The van der Waals surface area contributed by atoms with Gasteiger partial charge in [-0.1, -0.05) is 13.2 Å². The fourth-order valence-corrected chi connectivity index (χ4v) is 0.416. The van der Waals surface area contributed by atoms with Crippen molar-refractivity contribution in [1.82, 2.24) is 0 Å². The van der Waals surface area contributed by atoms with Gasteiger partial charge in [0, 0.05) is 12.6 Å². The molecular weight excluding hydrogens is 114 g/mol. The van der Waals surface area contributed by atoms with E-state index in [0.717, 1.165) is 5.70 Å². The second kappa shape index (κ2) is 3.89. The summed E-state index contributed by atoms with van der Waals surface area (Å²) >= 11 is 0. The highest BCUT2D eigenvalue weighted by atomic mass is 16.5. The van der Waals surface area contributed by atoms with Gasteiger partial charge in [-0.3, -0.25) is 0 Å². The van der Waals surface area contributed by atoms with Crippen molar-refractivity contribution < 1.29 is 4.74 Å². The molecule has 0 atom stereocenters. The van der Waals surface area contributed by atoms with Gasteiger partial charge in [0.05, 0.1) is 6.26 Å². The first kappa shape index (κ1) is 7.95. The predicted molar refractivity (Wildman–Crippen MR) is 39.2 cm³/mol. The number of nitrogens with zero attached hydrogens (tertiary/aromatic N) is 1. The number of rotatable bonds is 2. The molecule has 0 aromatic heterocycles. The smallest absolute Gasteiger partial charge is 0.190 e. The second-order valence-electron chi connectivity index (χ2n) is 1.65. The van der Waals surface area contributed by atoms with Crippen LogP contribution in [0.3, 0.4) is 0 Å². The average Bonchev–Trinajstić information content (AvgIpc) is 1.63. The topological polar surface area (TPSA) is 21.6 Å². The quantitative estimate of drug-likeness (QED) is 0.314. The number of allylic oxidation sites excluding steroid dienone is 1. The van der Waals surface area contributed by atoms with E-state index in [0.29, 0.717) is 5.90 Å². The average molecular weight is 125 g/mol. The lowest BCUT2D eigenvalue weighted by Gasteiger charge is -1.95. The first-order chi connectivity index (χ1) is 4.16. The van der Waals surface area contributed by atoms with Gasteiger partial charge in [-0.15, -0.1) is 0 Å². The molecule has 0 aliphatic rings. The Hall–Kier alpha value is -1.05. The van der Waals surface area contributed by atoms with E-state index in [4.69, 9.17) is 4.74 Å². The molecule has 0 saturated carbocycles. The molecule has 0 saturated heterocycles. The maximum atomic E-state index is 4.81. The van der Waals surface area contributed by atoms with Crippen LogP contribution in [0.15, 0.2) is 30.1 Å². The van der Waals surface area contributed by atoms with Gasteiger partial charge in [-0.05, 0) is 6.92 Å². The molecule has 0 aromatic carbocycles. The zero-order chi connectivity index (χ0) is 7.28. The van der Waals surface area contributed by atoms with Gasteiger partial charge in [0.25, 0.3) is 0 Å². The summed E-state index contributed by atoms with van der Waals surface area (Å²) in [4.78, 5) is 3.90. The molecule has 0 aliphatic carbocycles. The molecule has 0 N–H and O–H groups in total. The van der Waals surface area contributed by atoms with Crippen LogP contribution in [0.4, 0.5) is 0 Å². The van der Waals surface area contributed by atoms with Crippen molar-refractivity contribution in [2.45, 2.75) is 13.8 Å². The Labute approximate surface area is 55.6 Å². The van der Waals surface area contributed by atoms with Crippen LogP contribution in [0.25, 0.3) is 0 Å². The second-order valence-corrected chi connectivity index (χ2v) is 1.65. The molecule has 0 aromatic rings. The van der Waals surface area contributed by atoms with Gasteiger partial charge in [0.2, 0.25) is 0 Å². The Balaban J connectivity index is 3.83. The minimum Gasteiger partial charge on any atom is -0.452 e. The van der Waals surface area contributed by atoms with Crippen LogP contribution in [0.2, 0.25) is 0 Å². The van der Waals surface area contributed by atoms with Gasteiger partial charge in [-0.2, -0.15) is 0 Å². The molecule has 50 valence electrons. The third kappa shape index (κ3) is 4.81. The molecular formula is C7H11NO. The van der Waals surface area contributed by atoms with Gasteiger partial charge < -0.3 is 4.74 Å². The summed E-state index contributed by atoms with van der Waals surface area (Å²) in [6.45, 7) is 10.5. The van der Waals surface area contributed by atoms with Gasteiger partial charge >= 0.3 is 0 Å². The standard InChI is InChI=1S/C7H11NO/c1-5-9-7(4)8-6(2)3/h5H,1-2H2,3-4H3. The molecule has 0 heterocycles. The summed E-state index contributed by atoms with van der Waals surface area (Å²) in [5.41, 5.74) is 0.731. The van der Waals surface area contributed by atoms with E-state index < -0.39 is 0 Å².